The van der Waals surface area contributed by atoms with Crippen LogP contribution in [-0.2, 0) is 26.5 Å². The second-order valence-electron chi connectivity index (χ2n) is 18.2. The number of phenols is 1. The van der Waals surface area contributed by atoms with Gasteiger partial charge in [-0.3, -0.25) is 9.55 Å². The van der Waals surface area contributed by atoms with Gasteiger partial charge in [0.25, 0.3) is 0 Å². The molecule has 0 fully saturated rings. The number of pyridine rings is 1. The molecule has 0 aliphatic carbocycles. The van der Waals surface area contributed by atoms with E-state index in [-0.39, 0.29) is 77.8 Å². The molecule has 0 aliphatic rings. The summed E-state index contributed by atoms with van der Waals surface area (Å²) < 4.78 is 126. The van der Waals surface area contributed by atoms with E-state index in [2.05, 4.69) is 11.1 Å². The molecule has 0 atom stereocenters. The Kier molecular flexibility index (Phi) is 9.05. The van der Waals surface area contributed by atoms with Crippen molar-refractivity contribution in [2.75, 3.05) is 0 Å². The smallest absolute Gasteiger partial charge is 0.148 e. The molecule has 2 aromatic heterocycles. The quantitative estimate of drug-likeness (QED) is 0.139. The van der Waals surface area contributed by atoms with E-state index in [4.69, 9.17) is 21.4 Å². The fraction of sp³-hybridized carbons (Fsp3) is 0.288. The maximum Gasteiger partial charge on any atom is 0.148 e. The Bertz CT molecular complexity index is 3680. The molecule has 0 saturated carbocycles. The van der Waals surface area contributed by atoms with E-state index in [1.807, 2.05) is 65.0 Å². The SMILES string of the molecule is [2H]c1nc(-c2[c-]c(-c3cccc4c3nc(-c3cc(C([2H])(C)C)cc(C([2H])(C)C)c3O)n4-c3ccc(-c4c(C(C)C)cccc4C([2H])(C)C)cc3C([2H])([2H])[2H])cc(C(C)(C)C)c2)c([2H])c(-c2c([2H])c([2H])c([2H])c([2H])c2[2H])c1[2H].[Pt]. The fourth-order valence-electron chi connectivity index (χ4n) is 8.11. The monoisotopic (exact) mass is 1040 g/mol. The minimum Gasteiger partial charge on any atom is -0.507 e. The number of aromatic hydroxyl groups is 1. The van der Waals surface area contributed by atoms with Crippen molar-refractivity contribution in [3.63, 3.8) is 0 Å². The third kappa shape index (κ3) is 8.92. The summed E-state index contributed by atoms with van der Waals surface area (Å²) in [5.74, 6) is -3.82. The maximum atomic E-state index is 12.4. The second kappa shape index (κ2) is 18.5. The Balaban J connectivity index is 0.00000882. The van der Waals surface area contributed by atoms with Crippen molar-refractivity contribution in [2.24, 2.45) is 0 Å². The van der Waals surface area contributed by atoms with Crippen LogP contribution < -0.4 is 0 Å². The fourth-order valence-corrected chi connectivity index (χ4v) is 8.11. The first-order valence-electron chi connectivity index (χ1n) is 28.3. The molecule has 5 heteroatoms. The van der Waals surface area contributed by atoms with E-state index in [9.17, 15) is 7.85 Å². The molecule has 0 aliphatic heterocycles. The summed E-state index contributed by atoms with van der Waals surface area (Å²) in [4.78, 5) is 9.71. The number of para-hydroxylation sites is 1. The first-order valence-corrected chi connectivity index (χ1v) is 21.3. The molecule has 0 spiro atoms. The van der Waals surface area contributed by atoms with Crippen molar-refractivity contribution in [3.05, 3.63) is 167 Å². The topological polar surface area (TPSA) is 50.9 Å². The average molecular weight is 1040 g/mol. The van der Waals surface area contributed by atoms with Crippen LogP contribution in [0.5, 0.6) is 5.75 Å². The molecule has 0 saturated heterocycles. The Morgan fingerprint density at radius 2 is 1.42 bits per heavy atom. The van der Waals surface area contributed by atoms with Crippen molar-refractivity contribution in [2.45, 2.75) is 112 Å². The molecule has 6 aromatic carbocycles. The van der Waals surface area contributed by atoms with Crippen molar-refractivity contribution in [3.8, 4) is 67.5 Å². The predicted molar refractivity (Wildman–Crippen MR) is 266 cm³/mol. The van der Waals surface area contributed by atoms with Gasteiger partial charge in [-0.05, 0) is 116 Å². The first kappa shape index (κ1) is 31.3. The number of fused-ring (bicyclic) bond motifs is 1. The molecule has 8 rings (SSSR count). The minimum atomic E-state index is -2.74. The van der Waals surface area contributed by atoms with Crippen molar-refractivity contribution >= 4 is 11.0 Å². The van der Waals surface area contributed by atoms with Gasteiger partial charge in [0, 0.05) is 41.2 Å². The van der Waals surface area contributed by atoms with Gasteiger partial charge in [0.1, 0.15) is 11.6 Å². The zero-order valence-electron chi connectivity index (χ0n) is 52.2. The van der Waals surface area contributed by atoms with Crippen LogP contribution in [0.15, 0.2) is 127 Å². The Morgan fingerprint density at radius 3 is 2.09 bits per heavy atom. The Morgan fingerprint density at radius 1 is 0.719 bits per heavy atom. The first-order chi connectivity index (χ1) is 35.4. The number of nitrogens with zero attached hydrogens (tertiary/aromatic N) is 3. The summed E-state index contributed by atoms with van der Waals surface area (Å²) in [5, 5.41) is 12.4. The molecular weight excluding hydrogens is 962 g/mol. The Labute approximate surface area is 415 Å². The number of hydrogen-bond acceptors (Lipinski definition) is 3. The summed E-state index contributed by atoms with van der Waals surface area (Å²) in [6.45, 7) is 17.5. The van der Waals surface area contributed by atoms with E-state index in [1.165, 1.54) is 0 Å². The third-order valence-electron chi connectivity index (χ3n) is 11.6. The van der Waals surface area contributed by atoms with Crippen LogP contribution in [0.1, 0.15) is 152 Å². The van der Waals surface area contributed by atoms with Gasteiger partial charge in [0.15, 0.2) is 0 Å². The molecule has 0 amide bonds. The average Bonchev–Trinajstić information content (AvgIpc) is 3.91. The van der Waals surface area contributed by atoms with E-state index in [0.29, 0.717) is 38.9 Å². The van der Waals surface area contributed by atoms with Gasteiger partial charge in [-0.25, -0.2) is 4.98 Å². The number of hydrogen-bond donors (Lipinski definition) is 1. The van der Waals surface area contributed by atoms with Crippen LogP contribution in [0.2, 0.25) is 0 Å². The summed E-state index contributed by atoms with van der Waals surface area (Å²) in [7, 11) is 0. The van der Waals surface area contributed by atoms with Crippen LogP contribution in [0, 0.1) is 12.9 Å². The van der Waals surface area contributed by atoms with Crippen molar-refractivity contribution in [1.29, 1.82) is 0 Å². The maximum absolute atomic E-state index is 12.4. The standard InChI is InChI=1S/C59H62N3O.Pt/c1-35(2)43-32-50(38(7)8)57(63)51(33-43)58-61-56-49(44-29-45(31-46(30-44)59(10,11)12)52-34-41(26-27-60-52)40-18-14-13-15-19-40)22-17-23-54(56)62(58)53-25-24-42(28-39(53)9)55-47(36(3)4)20-16-21-48(55)37(5)6;/h13-28,30-38,63H,1-12H3;/q-1;/i9D3,13D,14D,15D,18D,19D,26D,27D,34D,35D,36D,38D;. The summed E-state index contributed by atoms with van der Waals surface area (Å²) >= 11 is 0. The van der Waals surface area contributed by atoms with Gasteiger partial charge in [-0.15, -0.1) is 29.3 Å². The van der Waals surface area contributed by atoms with Crippen LogP contribution in [0.25, 0.3) is 72.7 Å². The molecule has 0 bridgehead atoms. The van der Waals surface area contributed by atoms with Crippen LogP contribution in [-0.4, -0.2) is 19.6 Å². The number of imidazole rings is 1. The largest absolute Gasteiger partial charge is 0.507 e. The number of aryl methyl sites for hydroxylation is 1. The zero-order chi connectivity index (χ0) is 57.1. The van der Waals surface area contributed by atoms with Crippen LogP contribution in [0.3, 0.4) is 0 Å². The van der Waals surface area contributed by atoms with Crippen LogP contribution in [0.4, 0.5) is 0 Å². The van der Waals surface area contributed by atoms with E-state index < -0.39 is 84.0 Å². The van der Waals surface area contributed by atoms with E-state index in [1.54, 1.807) is 94.6 Å². The molecule has 2 heterocycles. The summed E-state index contributed by atoms with van der Waals surface area (Å²) in [5.41, 5.74) is 5.01. The number of aromatic nitrogens is 3. The third-order valence-corrected chi connectivity index (χ3v) is 11.6. The molecule has 1 N–H and O–H groups in total. The number of phenolic OH excluding ortho intramolecular Hbond substituents is 1. The van der Waals surface area contributed by atoms with Crippen molar-refractivity contribution in [1.82, 2.24) is 14.5 Å². The number of rotatable bonds is 10. The molecule has 8 aromatic rings. The molecular formula is C59H62N3OPt-. The second-order valence-corrected chi connectivity index (χ2v) is 18.2. The zero-order valence-corrected chi connectivity index (χ0v) is 40.5. The Hall–Kier alpha value is -5.57. The van der Waals surface area contributed by atoms with Gasteiger partial charge >= 0.3 is 0 Å². The minimum absolute atomic E-state index is 0. The van der Waals surface area contributed by atoms with E-state index >= 15 is 0 Å². The van der Waals surface area contributed by atoms with Gasteiger partial charge < -0.3 is 5.11 Å². The van der Waals surface area contributed by atoms with Gasteiger partial charge in [-0.2, -0.15) is 0 Å². The molecule has 330 valence electrons. The molecule has 64 heavy (non-hydrogen) atoms. The van der Waals surface area contributed by atoms with Gasteiger partial charge in [0.2, 0.25) is 0 Å². The van der Waals surface area contributed by atoms with E-state index in [0.717, 1.165) is 16.7 Å². The molecule has 0 unspecified atom stereocenters. The van der Waals surface area contributed by atoms with Crippen LogP contribution >= 0.6 is 0 Å². The summed E-state index contributed by atoms with van der Waals surface area (Å²) in [6, 6.07) is 22.3. The predicted octanol–water partition coefficient (Wildman–Crippen LogP) is 16.4. The van der Waals surface area contributed by atoms with Gasteiger partial charge in [-0.1, -0.05) is 166 Å². The molecule has 4 nitrogen and oxygen atoms in total. The van der Waals surface area contributed by atoms with Crippen molar-refractivity contribution < 1.29 is 45.4 Å². The summed E-state index contributed by atoms with van der Waals surface area (Å²) in [6.07, 6.45) is -0.601. The normalized spacial score (nSPS) is 15.8. The van der Waals surface area contributed by atoms with Gasteiger partial charge in [0.05, 0.1) is 33.3 Å². The molecule has 0 radical (unpaired) electrons. The number of benzene rings is 6.